The number of benzene rings is 1. The Kier molecular flexibility index (Phi) is 3.57. The summed E-state index contributed by atoms with van der Waals surface area (Å²) >= 11 is 5.19. The van der Waals surface area contributed by atoms with Crippen molar-refractivity contribution in [2.24, 2.45) is 7.05 Å². The number of hydrogen-bond acceptors (Lipinski definition) is 4. The molecular formula is C13H13BrN4OS. The van der Waals surface area contributed by atoms with Gasteiger partial charge in [0.15, 0.2) is 0 Å². The van der Waals surface area contributed by atoms with Crippen LogP contribution in [0.15, 0.2) is 38.8 Å². The predicted molar refractivity (Wildman–Crippen MR) is 81.9 cm³/mol. The summed E-state index contributed by atoms with van der Waals surface area (Å²) in [4.78, 5) is 13.9. The van der Waals surface area contributed by atoms with Gasteiger partial charge in [0.05, 0.1) is 11.1 Å². The molecule has 0 saturated heterocycles. The number of hydrogen-bond donors (Lipinski definition) is 2. The van der Waals surface area contributed by atoms with Gasteiger partial charge >= 0.3 is 0 Å². The lowest BCUT2D eigenvalue weighted by Crippen LogP contribution is -2.23. The number of rotatable bonds is 3. The Bertz CT molecular complexity index is 685. The van der Waals surface area contributed by atoms with Gasteiger partial charge in [0.1, 0.15) is 6.04 Å². The molecular weight excluding hydrogens is 340 g/mol. The number of amides is 1. The number of carbonyl (C=O) groups excluding carboxylic acids is 1. The smallest absolute Gasteiger partial charge is 0.246 e. The fraction of sp³-hybridized carbons (Fsp3) is 0.231. The number of aryl methyl sites for hydroxylation is 1. The fourth-order valence-corrected chi connectivity index (χ4v) is 3.70. The topological polar surface area (TPSA) is 59.0 Å². The van der Waals surface area contributed by atoms with E-state index < -0.39 is 0 Å². The van der Waals surface area contributed by atoms with E-state index >= 15 is 0 Å². The number of nitrogens with one attached hydrogen (secondary N) is 2. The van der Waals surface area contributed by atoms with Crippen LogP contribution in [0.5, 0.6) is 0 Å². The Hall–Kier alpha value is -1.31. The highest BCUT2D eigenvalue weighted by molar-refractivity contribution is 9.10. The molecule has 2 aromatic rings. The lowest BCUT2D eigenvalue weighted by atomic mass is 10.1. The standard InChI is InChI=1S/C13H13BrN4OS/c1-15-12-8-3-9(14)11(4-10(8)17-13(12)19)20-7-5-16-18(2)6-7/h3-6,12,15H,1-2H3,(H,17,19). The van der Waals surface area contributed by atoms with Crippen molar-refractivity contribution in [2.75, 3.05) is 12.4 Å². The fourth-order valence-electron chi connectivity index (χ4n) is 2.21. The predicted octanol–water partition coefficient (Wildman–Crippen LogP) is 2.55. The maximum absolute atomic E-state index is 11.8. The molecule has 2 N–H and O–H groups in total. The molecule has 0 saturated carbocycles. The maximum Gasteiger partial charge on any atom is 0.246 e. The molecule has 0 bridgehead atoms. The number of carbonyl (C=O) groups is 1. The minimum absolute atomic E-state index is 0.0158. The Morgan fingerprint density at radius 2 is 2.30 bits per heavy atom. The van der Waals surface area contributed by atoms with E-state index in [1.54, 1.807) is 23.5 Å². The van der Waals surface area contributed by atoms with Crippen LogP contribution in [-0.4, -0.2) is 22.7 Å². The molecule has 5 nitrogen and oxygen atoms in total. The van der Waals surface area contributed by atoms with Gasteiger partial charge in [0, 0.05) is 33.9 Å². The van der Waals surface area contributed by atoms with Crippen LogP contribution in [0.25, 0.3) is 0 Å². The van der Waals surface area contributed by atoms with E-state index in [9.17, 15) is 4.79 Å². The summed E-state index contributed by atoms with van der Waals surface area (Å²) in [5.41, 5.74) is 1.84. The average Bonchev–Trinajstić information content (AvgIpc) is 2.93. The Labute approximate surface area is 129 Å². The summed E-state index contributed by atoms with van der Waals surface area (Å²) < 4.78 is 2.74. The zero-order valence-electron chi connectivity index (χ0n) is 11.0. The Balaban J connectivity index is 1.95. The van der Waals surface area contributed by atoms with Gasteiger partial charge in [-0.1, -0.05) is 11.8 Å². The minimum atomic E-state index is -0.279. The number of aromatic nitrogens is 2. The van der Waals surface area contributed by atoms with E-state index in [4.69, 9.17) is 0 Å². The van der Waals surface area contributed by atoms with Gasteiger partial charge < -0.3 is 10.6 Å². The summed E-state index contributed by atoms with van der Waals surface area (Å²) in [6.45, 7) is 0. The van der Waals surface area contributed by atoms with Crippen molar-refractivity contribution in [1.29, 1.82) is 0 Å². The van der Waals surface area contributed by atoms with E-state index in [0.29, 0.717) is 0 Å². The van der Waals surface area contributed by atoms with Gasteiger partial charge in [-0.05, 0) is 35.1 Å². The highest BCUT2D eigenvalue weighted by atomic mass is 79.9. The molecule has 1 aliphatic heterocycles. The third-order valence-corrected chi connectivity index (χ3v) is 5.06. The molecule has 7 heteroatoms. The minimum Gasteiger partial charge on any atom is -0.324 e. The van der Waals surface area contributed by atoms with Gasteiger partial charge in [0.2, 0.25) is 5.91 Å². The van der Waals surface area contributed by atoms with Crippen molar-refractivity contribution >= 4 is 39.3 Å². The average molecular weight is 353 g/mol. The number of anilines is 1. The third kappa shape index (κ3) is 2.36. The lowest BCUT2D eigenvalue weighted by Gasteiger charge is -2.09. The second-order valence-electron chi connectivity index (χ2n) is 4.53. The Morgan fingerprint density at radius 1 is 1.50 bits per heavy atom. The van der Waals surface area contributed by atoms with Gasteiger partial charge in [-0.2, -0.15) is 5.10 Å². The van der Waals surface area contributed by atoms with Crippen LogP contribution < -0.4 is 10.6 Å². The van der Waals surface area contributed by atoms with Crippen LogP contribution in [0.2, 0.25) is 0 Å². The van der Waals surface area contributed by atoms with Crippen LogP contribution in [0.4, 0.5) is 5.69 Å². The summed E-state index contributed by atoms with van der Waals surface area (Å²) in [5, 5.41) is 10.1. The summed E-state index contributed by atoms with van der Waals surface area (Å²) in [7, 11) is 3.67. The highest BCUT2D eigenvalue weighted by Gasteiger charge is 2.30. The van der Waals surface area contributed by atoms with Crippen molar-refractivity contribution in [3.8, 4) is 0 Å². The van der Waals surface area contributed by atoms with E-state index in [1.807, 2.05) is 31.6 Å². The van der Waals surface area contributed by atoms with Crippen molar-refractivity contribution in [1.82, 2.24) is 15.1 Å². The SMILES string of the molecule is CNC1C(=O)Nc2cc(Sc3cnn(C)c3)c(Br)cc21. The molecule has 3 rings (SSSR count). The first-order valence-electron chi connectivity index (χ1n) is 6.06. The molecule has 104 valence electrons. The van der Waals surface area contributed by atoms with Gasteiger partial charge in [-0.3, -0.25) is 9.48 Å². The van der Waals surface area contributed by atoms with Gasteiger partial charge in [0.25, 0.3) is 0 Å². The van der Waals surface area contributed by atoms with E-state index in [-0.39, 0.29) is 11.9 Å². The molecule has 1 unspecified atom stereocenters. The first kappa shape index (κ1) is 13.7. The molecule has 0 spiro atoms. The Morgan fingerprint density at radius 3 is 2.95 bits per heavy atom. The van der Waals surface area contributed by atoms with Crippen molar-refractivity contribution < 1.29 is 4.79 Å². The summed E-state index contributed by atoms with van der Waals surface area (Å²) in [6.07, 6.45) is 3.78. The third-order valence-electron chi connectivity index (χ3n) is 3.13. The second-order valence-corrected chi connectivity index (χ2v) is 6.50. The van der Waals surface area contributed by atoms with E-state index in [1.165, 1.54) is 0 Å². The number of nitrogens with zero attached hydrogens (tertiary/aromatic N) is 2. The second kappa shape index (κ2) is 5.23. The summed E-state index contributed by atoms with van der Waals surface area (Å²) in [5.74, 6) is -0.0158. The molecule has 20 heavy (non-hydrogen) atoms. The quantitative estimate of drug-likeness (QED) is 0.891. The molecule has 1 aliphatic rings. The van der Waals surface area contributed by atoms with E-state index in [0.717, 1.165) is 25.5 Å². The highest BCUT2D eigenvalue weighted by Crippen LogP contribution is 2.41. The van der Waals surface area contributed by atoms with Crippen LogP contribution >= 0.6 is 27.7 Å². The monoisotopic (exact) mass is 352 g/mol. The molecule has 1 aromatic heterocycles. The normalized spacial score (nSPS) is 17.1. The number of halogens is 1. The summed E-state index contributed by atoms with van der Waals surface area (Å²) in [6, 6.07) is 3.71. The molecule has 1 amide bonds. The van der Waals surface area contributed by atoms with Crippen LogP contribution in [-0.2, 0) is 11.8 Å². The van der Waals surface area contributed by atoms with Crippen molar-refractivity contribution in [2.45, 2.75) is 15.8 Å². The van der Waals surface area contributed by atoms with Crippen LogP contribution in [0.1, 0.15) is 11.6 Å². The zero-order chi connectivity index (χ0) is 14.3. The molecule has 2 heterocycles. The maximum atomic E-state index is 11.8. The number of likely N-dealkylation sites (N-methyl/N-ethyl adjacent to an activating group) is 1. The van der Waals surface area contributed by atoms with Gasteiger partial charge in [-0.25, -0.2) is 0 Å². The van der Waals surface area contributed by atoms with Crippen LogP contribution in [0.3, 0.4) is 0 Å². The van der Waals surface area contributed by atoms with E-state index in [2.05, 4.69) is 31.7 Å². The molecule has 1 aromatic carbocycles. The van der Waals surface area contributed by atoms with Crippen molar-refractivity contribution in [3.05, 3.63) is 34.6 Å². The lowest BCUT2D eigenvalue weighted by molar-refractivity contribution is -0.117. The number of fused-ring (bicyclic) bond motifs is 1. The largest absolute Gasteiger partial charge is 0.324 e. The van der Waals surface area contributed by atoms with Gasteiger partial charge in [-0.15, -0.1) is 0 Å². The molecule has 0 aliphatic carbocycles. The first-order valence-corrected chi connectivity index (χ1v) is 7.67. The molecule has 0 radical (unpaired) electrons. The zero-order valence-corrected chi connectivity index (χ0v) is 13.4. The first-order chi connectivity index (χ1) is 9.58. The molecule has 0 fully saturated rings. The molecule has 1 atom stereocenters. The van der Waals surface area contributed by atoms with Crippen LogP contribution in [0, 0.1) is 0 Å². The van der Waals surface area contributed by atoms with Crippen molar-refractivity contribution in [3.63, 3.8) is 0 Å².